The second-order valence-electron chi connectivity index (χ2n) is 9.21. The fourth-order valence-electron chi connectivity index (χ4n) is 4.65. The van der Waals surface area contributed by atoms with E-state index < -0.39 is 23.8 Å². The standard InChI is InChI=1S/C23H19Cl3F3N3O3/c1-11(2)20(33)32-9-21(10-32)13-3-4-16(30-18(13)8-34-21)17-7-22(35-31-17,23(27,28)29)12-5-14(24)19(26)15(25)6-12/h3-6,11H,7-10H2,1-2H3. The molecular formula is C23H19Cl3F3N3O3. The Hall–Kier alpha value is -2.07. The molecule has 12 heteroatoms. The number of halogens is 6. The van der Waals surface area contributed by atoms with Crippen LogP contribution < -0.4 is 0 Å². The van der Waals surface area contributed by atoms with Gasteiger partial charge < -0.3 is 14.5 Å². The predicted octanol–water partition coefficient (Wildman–Crippen LogP) is 5.85. The maximum absolute atomic E-state index is 14.3. The maximum Gasteiger partial charge on any atom is 0.435 e. The lowest BCUT2D eigenvalue weighted by Gasteiger charge is -2.48. The molecule has 0 aliphatic carbocycles. The number of carbonyl (C=O) groups is 1. The lowest BCUT2D eigenvalue weighted by molar-refractivity contribution is -0.275. The second-order valence-corrected chi connectivity index (χ2v) is 10.4. The summed E-state index contributed by atoms with van der Waals surface area (Å²) in [5.74, 6) is -0.0750. The molecule has 1 spiro atoms. The Bertz CT molecular complexity index is 1240. The van der Waals surface area contributed by atoms with Crippen LogP contribution in [-0.2, 0) is 32.2 Å². The van der Waals surface area contributed by atoms with E-state index in [9.17, 15) is 18.0 Å². The van der Waals surface area contributed by atoms with E-state index in [0.29, 0.717) is 18.8 Å². The number of hydrogen-bond acceptors (Lipinski definition) is 5. The van der Waals surface area contributed by atoms with Crippen LogP contribution in [0.25, 0.3) is 0 Å². The molecule has 1 fully saturated rings. The van der Waals surface area contributed by atoms with Crippen LogP contribution in [0.5, 0.6) is 0 Å². The van der Waals surface area contributed by atoms with Gasteiger partial charge in [0.05, 0.1) is 52.6 Å². The summed E-state index contributed by atoms with van der Waals surface area (Å²) in [6.07, 6.45) is -5.46. The van der Waals surface area contributed by atoms with E-state index in [-0.39, 0.29) is 50.5 Å². The normalized spacial score (nSPS) is 22.8. The van der Waals surface area contributed by atoms with Gasteiger partial charge in [-0.05, 0) is 18.2 Å². The van der Waals surface area contributed by atoms with Crippen LogP contribution in [0, 0.1) is 5.92 Å². The van der Waals surface area contributed by atoms with Crippen molar-refractivity contribution in [3.05, 3.63) is 61.8 Å². The van der Waals surface area contributed by atoms with Gasteiger partial charge >= 0.3 is 6.18 Å². The first-order valence-corrected chi connectivity index (χ1v) is 11.9. The highest BCUT2D eigenvalue weighted by atomic mass is 35.5. The number of fused-ring (bicyclic) bond motifs is 2. The van der Waals surface area contributed by atoms with E-state index in [1.54, 1.807) is 17.0 Å². The van der Waals surface area contributed by atoms with Gasteiger partial charge in [0.15, 0.2) is 0 Å². The van der Waals surface area contributed by atoms with Gasteiger partial charge in [-0.1, -0.05) is 59.9 Å². The molecule has 1 aromatic heterocycles. The van der Waals surface area contributed by atoms with Crippen LogP contribution >= 0.6 is 34.8 Å². The average molecular weight is 549 g/mol. The largest absolute Gasteiger partial charge is 0.435 e. The summed E-state index contributed by atoms with van der Waals surface area (Å²) in [5, 5.41) is 3.45. The van der Waals surface area contributed by atoms with Crippen LogP contribution in [0.3, 0.4) is 0 Å². The number of nitrogens with zero attached hydrogens (tertiary/aromatic N) is 3. The van der Waals surface area contributed by atoms with Gasteiger partial charge in [0, 0.05) is 17.0 Å². The molecule has 0 N–H and O–H groups in total. The van der Waals surface area contributed by atoms with Crippen molar-refractivity contribution in [2.75, 3.05) is 13.1 Å². The molecule has 6 nitrogen and oxygen atoms in total. The fourth-order valence-corrected chi connectivity index (χ4v) is 5.25. The Labute approximate surface area is 213 Å². The summed E-state index contributed by atoms with van der Waals surface area (Å²) in [7, 11) is 0. The third-order valence-corrected chi connectivity index (χ3v) is 7.78. The van der Waals surface area contributed by atoms with Crippen LogP contribution in [0.15, 0.2) is 29.4 Å². The van der Waals surface area contributed by atoms with E-state index in [1.165, 1.54) is 0 Å². The van der Waals surface area contributed by atoms with E-state index in [4.69, 9.17) is 44.4 Å². The number of carbonyl (C=O) groups excluding carboxylic acids is 1. The third kappa shape index (κ3) is 3.79. The van der Waals surface area contributed by atoms with Gasteiger partial charge in [-0.2, -0.15) is 13.2 Å². The summed E-state index contributed by atoms with van der Waals surface area (Å²) in [6, 6.07) is 5.53. The molecule has 2 aromatic rings. The molecular weight excluding hydrogens is 530 g/mol. The number of alkyl halides is 3. The number of aromatic nitrogens is 1. The van der Waals surface area contributed by atoms with E-state index in [1.807, 2.05) is 13.8 Å². The average Bonchev–Trinajstić information content (AvgIpc) is 3.38. The van der Waals surface area contributed by atoms with Crippen LogP contribution in [-0.4, -0.2) is 40.8 Å². The minimum Gasteiger partial charge on any atom is -0.374 e. The van der Waals surface area contributed by atoms with Crippen molar-refractivity contribution in [1.82, 2.24) is 9.88 Å². The number of amides is 1. The fraction of sp³-hybridized carbons (Fsp3) is 0.435. The number of likely N-dealkylation sites (tertiary alicyclic amines) is 1. The second kappa shape index (κ2) is 8.23. The molecule has 1 unspecified atom stereocenters. The van der Waals surface area contributed by atoms with Crippen LogP contribution in [0.4, 0.5) is 13.2 Å². The smallest absolute Gasteiger partial charge is 0.374 e. The third-order valence-electron chi connectivity index (χ3n) is 6.58. The molecule has 35 heavy (non-hydrogen) atoms. The monoisotopic (exact) mass is 547 g/mol. The summed E-state index contributed by atoms with van der Waals surface area (Å²) in [6.45, 7) is 4.69. The molecule has 0 saturated carbocycles. The van der Waals surface area contributed by atoms with E-state index in [2.05, 4.69) is 10.1 Å². The maximum atomic E-state index is 14.3. The molecule has 1 aromatic carbocycles. The van der Waals surface area contributed by atoms with Crippen LogP contribution in [0.2, 0.25) is 15.1 Å². The van der Waals surface area contributed by atoms with Gasteiger partial charge in [0.2, 0.25) is 5.91 Å². The first-order chi connectivity index (χ1) is 16.4. The number of pyridine rings is 1. The Kier molecular flexibility index (Phi) is 5.79. The first kappa shape index (κ1) is 24.6. The van der Waals surface area contributed by atoms with Crippen LogP contribution in [0.1, 0.15) is 42.8 Å². The quantitative estimate of drug-likeness (QED) is 0.452. The zero-order chi connectivity index (χ0) is 25.3. The van der Waals surface area contributed by atoms with Crippen molar-refractivity contribution in [2.24, 2.45) is 11.1 Å². The lowest BCUT2D eigenvalue weighted by Crippen LogP contribution is -2.62. The van der Waals surface area contributed by atoms with Gasteiger partial charge in [-0.25, -0.2) is 4.98 Å². The highest BCUT2D eigenvalue weighted by Gasteiger charge is 2.63. The van der Waals surface area contributed by atoms with Crippen molar-refractivity contribution in [3.8, 4) is 0 Å². The molecule has 4 heterocycles. The Balaban J connectivity index is 1.42. The molecule has 186 valence electrons. The zero-order valence-corrected chi connectivity index (χ0v) is 20.8. The van der Waals surface area contributed by atoms with Crippen molar-refractivity contribution < 1.29 is 27.5 Å². The molecule has 0 bridgehead atoms. The van der Waals surface area contributed by atoms with E-state index in [0.717, 1.165) is 17.7 Å². The predicted molar refractivity (Wildman–Crippen MR) is 124 cm³/mol. The summed E-state index contributed by atoms with van der Waals surface area (Å²) < 4.78 is 48.9. The molecule has 3 aliphatic heterocycles. The minimum atomic E-state index is -4.83. The van der Waals surface area contributed by atoms with Crippen molar-refractivity contribution >= 4 is 46.4 Å². The zero-order valence-electron chi connectivity index (χ0n) is 18.5. The van der Waals surface area contributed by atoms with Gasteiger partial charge in [-0.3, -0.25) is 4.79 Å². The highest BCUT2D eigenvalue weighted by molar-refractivity contribution is 6.48. The molecule has 0 radical (unpaired) electrons. The minimum absolute atomic E-state index is 0.0264. The molecule has 1 saturated heterocycles. The molecule has 3 aliphatic rings. The van der Waals surface area contributed by atoms with Crippen molar-refractivity contribution in [1.29, 1.82) is 0 Å². The van der Waals surface area contributed by atoms with Gasteiger partial charge in [-0.15, -0.1) is 0 Å². The molecule has 5 rings (SSSR count). The number of oxime groups is 1. The van der Waals surface area contributed by atoms with Crippen molar-refractivity contribution in [2.45, 2.75) is 44.3 Å². The Morgan fingerprint density at radius 1 is 1.14 bits per heavy atom. The summed E-state index contributed by atoms with van der Waals surface area (Å²) >= 11 is 17.9. The number of benzene rings is 1. The summed E-state index contributed by atoms with van der Waals surface area (Å²) in [4.78, 5) is 23.5. The number of hydrogen-bond donors (Lipinski definition) is 0. The molecule has 1 atom stereocenters. The first-order valence-electron chi connectivity index (χ1n) is 10.8. The lowest BCUT2D eigenvalue weighted by atomic mass is 9.85. The van der Waals surface area contributed by atoms with Gasteiger partial charge in [0.25, 0.3) is 5.60 Å². The summed E-state index contributed by atoms with van der Waals surface area (Å²) in [5.41, 5.74) is -2.03. The highest BCUT2D eigenvalue weighted by Crippen LogP contribution is 2.51. The SMILES string of the molecule is CC(C)C(=O)N1CC2(C1)OCc1nc(C3=NOC(c4cc(Cl)c(Cl)c(Cl)c4)(C(F)(F)F)C3)ccc12. The Morgan fingerprint density at radius 2 is 1.80 bits per heavy atom. The van der Waals surface area contributed by atoms with Crippen molar-refractivity contribution in [3.63, 3.8) is 0 Å². The number of ether oxygens (including phenoxy) is 1. The van der Waals surface area contributed by atoms with Gasteiger partial charge in [0.1, 0.15) is 11.3 Å². The van der Waals surface area contributed by atoms with E-state index >= 15 is 0 Å². The topological polar surface area (TPSA) is 64.0 Å². The number of rotatable bonds is 3. The Morgan fingerprint density at radius 3 is 2.40 bits per heavy atom. The molecule has 1 amide bonds.